The van der Waals surface area contributed by atoms with Crippen molar-refractivity contribution in [2.45, 2.75) is 6.61 Å². The fraction of sp³-hybridized carbons (Fsp3) is 0.100. The third-order valence-corrected chi connectivity index (χ3v) is 4.76. The van der Waals surface area contributed by atoms with Crippen LogP contribution in [0.15, 0.2) is 52.9 Å². The van der Waals surface area contributed by atoms with E-state index in [1.807, 2.05) is 0 Å². The number of ether oxygens (including phenoxy) is 1. The summed E-state index contributed by atoms with van der Waals surface area (Å²) in [5.41, 5.74) is 1.59. The molecule has 29 heavy (non-hydrogen) atoms. The van der Waals surface area contributed by atoms with Gasteiger partial charge in [-0.25, -0.2) is 0 Å². The van der Waals surface area contributed by atoms with Crippen molar-refractivity contribution >= 4 is 52.1 Å². The quantitative estimate of drug-likeness (QED) is 0.480. The van der Waals surface area contributed by atoms with Crippen LogP contribution in [0.5, 0.6) is 5.75 Å². The Bertz CT molecular complexity index is 1070. The van der Waals surface area contributed by atoms with E-state index in [1.165, 1.54) is 13.2 Å². The Morgan fingerprint density at radius 1 is 1.14 bits per heavy atom. The largest absolute Gasteiger partial charge is 0.495 e. The Hall–Kier alpha value is -2.58. The van der Waals surface area contributed by atoms with Gasteiger partial charge in [0, 0.05) is 16.8 Å². The van der Waals surface area contributed by atoms with E-state index in [0.29, 0.717) is 44.1 Å². The molecule has 3 N–H and O–H groups in total. The first kappa shape index (κ1) is 21.1. The normalized spacial score (nSPS) is 10.5. The van der Waals surface area contributed by atoms with Gasteiger partial charge in [0.15, 0.2) is 5.11 Å². The first-order valence-corrected chi connectivity index (χ1v) is 9.53. The predicted molar refractivity (Wildman–Crippen MR) is 117 cm³/mol. The van der Waals surface area contributed by atoms with Crippen molar-refractivity contribution in [1.29, 1.82) is 0 Å². The maximum Gasteiger partial charge on any atom is 0.257 e. The molecule has 1 heterocycles. The lowest BCUT2D eigenvalue weighted by atomic mass is 10.1. The van der Waals surface area contributed by atoms with Crippen LogP contribution in [0, 0.1) is 0 Å². The molecule has 0 aliphatic heterocycles. The van der Waals surface area contributed by atoms with Gasteiger partial charge in [-0.1, -0.05) is 23.2 Å². The highest BCUT2D eigenvalue weighted by Gasteiger charge is 2.13. The molecule has 0 fully saturated rings. The second-order valence-corrected chi connectivity index (χ2v) is 7.10. The first-order chi connectivity index (χ1) is 13.9. The molecule has 150 valence electrons. The number of aliphatic hydroxyl groups is 1. The maximum atomic E-state index is 12.3. The molecule has 6 nitrogen and oxygen atoms in total. The second-order valence-electron chi connectivity index (χ2n) is 5.88. The zero-order valence-electron chi connectivity index (χ0n) is 15.2. The highest BCUT2D eigenvalue weighted by molar-refractivity contribution is 7.80. The third kappa shape index (κ3) is 5.07. The van der Waals surface area contributed by atoms with Crippen LogP contribution in [0.3, 0.4) is 0 Å². The SMILES string of the molecule is COc1ccc(C(=O)NC(=S)Nc2ccc(-c3ccc(CO)o3)c(Cl)c2)cc1Cl. The van der Waals surface area contributed by atoms with Gasteiger partial charge < -0.3 is 19.6 Å². The number of rotatable bonds is 5. The average Bonchev–Trinajstić information content (AvgIpc) is 3.16. The molecule has 1 aromatic heterocycles. The lowest BCUT2D eigenvalue weighted by Gasteiger charge is -2.11. The number of halogens is 2. The first-order valence-electron chi connectivity index (χ1n) is 8.36. The van der Waals surface area contributed by atoms with Gasteiger partial charge in [-0.3, -0.25) is 10.1 Å². The van der Waals surface area contributed by atoms with Gasteiger partial charge in [0.1, 0.15) is 23.9 Å². The minimum absolute atomic E-state index is 0.103. The molecule has 0 aliphatic rings. The summed E-state index contributed by atoms with van der Waals surface area (Å²) in [4.78, 5) is 12.3. The van der Waals surface area contributed by atoms with Gasteiger partial charge in [-0.15, -0.1) is 0 Å². The molecule has 0 bridgehead atoms. The molecule has 0 saturated carbocycles. The van der Waals surface area contributed by atoms with Crippen LogP contribution in [-0.2, 0) is 6.61 Å². The van der Waals surface area contributed by atoms with Crippen LogP contribution in [-0.4, -0.2) is 23.2 Å². The van der Waals surface area contributed by atoms with Gasteiger partial charge in [0.2, 0.25) is 0 Å². The van der Waals surface area contributed by atoms with Crippen molar-refractivity contribution in [2.75, 3.05) is 12.4 Å². The number of furan rings is 1. The van der Waals surface area contributed by atoms with E-state index >= 15 is 0 Å². The van der Waals surface area contributed by atoms with Gasteiger partial charge in [0.25, 0.3) is 5.91 Å². The molecule has 0 radical (unpaired) electrons. The summed E-state index contributed by atoms with van der Waals surface area (Å²) in [5, 5.41) is 15.4. The minimum atomic E-state index is -0.415. The zero-order valence-corrected chi connectivity index (χ0v) is 17.5. The van der Waals surface area contributed by atoms with Gasteiger partial charge in [-0.2, -0.15) is 0 Å². The molecule has 0 saturated heterocycles. The van der Waals surface area contributed by atoms with E-state index in [-0.39, 0.29) is 11.7 Å². The number of hydrogen-bond donors (Lipinski definition) is 3. The van der Waals surface area contributed by atoms with E-state index in [2.05, 4.69) is 10.6 Å². The number of carbonyl (C=O) groups excluding carboxylic acids is 1. The van der Waals surface area contributed by atoms with E-state index in [1.54, 1.807) is 42.5 Å². The second kappa shape index (κ2) is 9.28. The lowest BCUT2D eigenvalue weighted by Crippen LogP contribution is -2.34. The molecule has 9 heteroatoms. The molecule has 3 rings (SSSR count). The van der Waals surface area contributed by atoms with Crippen molar-refractivity contribution < 1.29 is 19.1 Å². The Kier molecular flexibility index (Phi) is 6.76. The minimum Gasteiger partial charge on any atom is -0.495 e. The van der Waals surface area contributed by atoms with Crippen molar-refractivity contribution in [2.24, 2.45) is 0 Å². The molecular formula is C20H16Cl2N2O4S. The molecule has 0 aliphatic carbocycles. The molecule has 3 aromatic rings. The Morgan fingerprint density at radius 2 is 1.93 bits per heavy atom. The van der Waals surface area contributed by atoms with Crippen molar-refractivity contribution in [1.82, 2.24) is 5.32 Å². The van der Waals surface area contributed by atoms with Crippen LogP contribution in [0.4, 0.5) is 5.69 Å². The molecule has 0 unspecified atom stereocenters. The smallest absolute Gasteiger partial charge is 0.257 e. The maximum absolute atomic E-state index is 12.3. The summed E-state index contributed by atoms with van der Waals surface area (Å²) in [5.74, 6) is 1.04. The Morgan fingerprint density at radius 3 is 2.55 bits per heavy atom. The lowest BCUT2D eigenvalue weighted by molar-refractivity contribution is 0.0977. The number of methoxy groups -OCH3 is 1. The third-order valence-electron chi connectivity index (χ3n) is 3.95. The predicted octanol–water partition coefficient (Wildman–Crippen LogP) is 4.88. The van der Waals surface area contributed by atoms with Gasteiger partial charge in [-0.05, 0) is 60.7 Å². The number of amides is 1. The van der Waals surface area contributed by atoms with Gasteiger partial charge in [0.05, 0.1) is 17.2 Å². The number of aliphatic hydroxyl groups excluding tert-OH is 1. The standard InChI is InChI=1S/C20H16Cl2N2O4S/c1-27-18-6-2-11(8-16(18)22)19(26)24-20(29)23-12-3-5-14(15(21)9-12)17-7-4-13(10-25)28-17/h2-9,25H,10H2,1H3,(H2,23,24,26,29). The van der Waals surface area contributed by atoms with Crippen molar-refractivity contribution in [3.05, 3.63) is 69.9 Å². The van der Waals surface area contributed by atoms with E-state index in [9.17, 15) is 4.79 Å². The van der Waals surface area contributed by atoms with Gasteiger partial charge >= 0.3 is 0 Å². The van der Waals surface area contributed by atoms with Crippen LogP contribution >= 0.6 is 35.4 Å². The van der Waals surface area contributed by atoms with E-state index in [0.717, 1.165) is 0 Å². The number of thiocarbonyl (C=S) groups is 1. The average molecular weight is 451 g/mol. The molecule has 0 spiro atoms. The van der Waals surface area contributed by atoms with Crippen LogP contribution < -0.4 is 15.4 Å². The number of carbonyl (C=O) groups is 1. The fourth-order valence-corrected chi connectivity index (χ4v) is 3.29. The van der Waals surface area contributed by atoms with E-state index < -0.39 is 5.91 Å². The number of nitrogens with one attached hydrogen (secondary N) is 2. The van der Waals surface area contributed by atoms with Crippen LogP contribution in [0.1, 0.15) is 16.1 Å². The fourth-order valence-electron chi connectivity index (χ4n) is 2.55. The highest BCUT2D eigenvalue weighted by Crippen LogP contribution is 2.31. The molecular weight excluding hydrogens is 435 g/mol. The summed E-state index contributed by atoms with van der Waals surface area (Å²) >= 11 is 17.6. The number of benzene rings is 2. The monoisotopic (exact) mass is 450 g/mol. The summed E-state index contributed by atoms with van der Waals surface area (Å²) in [6.45, 7) is -0.190. The number of hydrogen-bond acceptors (Lipinski definition) is 5. The zero-order chi connectivity index (χ0) is 21.0. The Balaban J connectivity index is 1.66. The molecule has 2 aromatic carbocycles. The van der Waals surface area contributed by atoms with E-state index in [4.69, 9.17) is 49.7 Å². The van der Waals surface area contributed by atoms with Crippen LogP contribution in [0.2, 0.25) is 10.0 Å². The summed E-state index contributed by atoms with van der Waals surface area (Å²) in [7, 11) is 1.49. The summed E-state index contributed by atoms with van der Waals surface area (Å²) < 4.78 is 10.6. The van der Waals surface area contributed by atoms with Crippen molar-refractivity contribution in [3.8, 4) is 17.1 Å². The Labute approximate surface area is 182 Å². The molecule has 0 atom stereocenters. The van der Waals surface area contributed by atoms with Crippen LogP contribution in [0.25, 0.3) is 11.3 Å². The molecule has 1 amide bonds. The summed E-state index contributed by atoms with van der Waals surface area (Å²) in [6, 6.07) is 13.2. The summed E-state index contributed by atoms with van der Waals surface area (Å²) in [6.07, 6.45) is 0. The van der Waals surface area contributed by atoms with Crippen molar-refractivity contribution in [3.63, 3.8) is 0 Å². The highest BCUT2D eigenvalue weighted by atomic mass is 35.5. The topological polar surface area (TPSA) is 83.7 Å². The number of anilines is 1.